The van der Waals surface area contributed by atoms with Crippen LogP contribution in [0, 0.1) is 27.7 Å². The first-order valence-electron chi connectivity index (χ1n) is 10.4. The zero-order valence-corrected chi connectivity index (χ0v) is 20.2. The molecule has 4 rings (SSSR count). The number of aromatic nitrogens is 2. The van der Waals surface area contributed by atoms with Crippen LogP contribution in [0.5, 0.6) is 0 Å². The van der Waals surface area contributed by atoms with Crippen molar-refractivity contribution < 1.29 is 4.79 Å². The van der Waals surface area contributed by atoms with Crippen LogP contribution >= 0.6 is 23.1 Å². The number of amides is 1. The van der Waals surface area contributed by atoms with Crippen LogP contribution in [0.15, 0.2) is 57.8 Å². The van der Waals surface area contributed by atoms with Gasteiger partial charge in [0.05, 0.1) is 17.8 Å². The molecule has 0 aliphatic rings. The number of nitrogens with zero attached hydrogens (tertiary/aromatic N) is 2. The van der Waals surface area contributed by atoms with Crippen LogP contribution in [-0.4, -0.2) is 21.2 Å². The van der Waals surface area contributed by atoms with E-state index in [0.29, 0.717) is 21.9 Å². The van der Waals surface area contributed by atoms with Gasteiger partial charge in [0.1, 0.15) is 4.70 Å². The normalized spacial score (nSPS) is 11.1. The van der Waals surface area contributed by atoms with Crippen LogP contribution in [-0.2, 0) is 11.3 Å². The molecular weight excluding hydrogens is 438 g/mol. The number of carbonyl (C=O) groups excluding carboxylic acids is 1. The van der Waals surface area contributed by atoms with Gasteiger partial charge < -0.3 is 5.32 Å². The number of benzene rings is 2. The highest BCUT2D eigenvalue weighted by Crippen LogP contribution is 2.24. The fourth-order valence-electron chi connectivity index (χ4n) is 3.73. The Morgan fingerprint density at radius 3 is 2.41 bits per heavy atom. The number of hydrogen-bond acceptors (Lipinski definition) is 5. The first kappa shape index (κ1) is 22.3. The van der Waals surface area contributed by atoms with E-state index in [-0.39, 0.29) is 17.2 Å². The lowest BCUT2D eigenvalue weighted by atomic mass is 10.1. The molecule has 0 aliphatic carbocycles. The number of thioether (sulfide) groups is 1. The summed E-state index contributed by atoms with van der Waals surface area (Å²) >= 11 is 2.68. The molecule has 1 amide bonds. The number of anilines is 1. The van der Waals surface area contributed by atoms with E-state index < -0.39 is 0 Å². The molecule has 7 heteroatoms. The van der Waals surface area contributed by atoms with E-state index in [1.165, 1.54) is 34.2 Å². The van der Waals surface area contributed by atoms with E-state index in [9.17, 15) is 9.59 Å². The molecule has 0 atom stereocenters. The van der Waals surface area contributed by atoms with Gasteiger partial charge in [-0.15, -0.1) is 11.3 Å². The van der Waals surface area contributed by atoms with Gasteiger partial charge in [-0.05, 0) is 55.8 Å². The summed E-state index contributed by atoms with van der Waals surface area (Å²) in [7, 11) is 0. The smallest absolute Gasteiger partial charge is 0.272 e. The minimum absolute atomic E-state index is 0.0706. The summed E-state index contributed by atoms with van der Waals surface area (Å²) in [6, 6.07) is 14.1. The van der Waals surface area contributed by atoms with Crippen LogP contribution < -0.4 is 10.9 Å². The average Bonchev–Trinajstić information content (AvgIpc) is 3.22. The second-order valence-electron chi connectivity index (χ2n) is 8.02. The fraction of sp³-hybridized carbons (Fsp3) is 0.240. The van der Waals surface area contributed by atoms with Crippen molar-refractivity contribution in [3.8, 4) is 0 Å². The van der Waals surface area contributed by atoms with Gasteiger partial charge in [-0.2, -0.15) is 0 Å². The Kier molecular flexibility index (Phi) is 6.48. The van der Waals surface area contributed by atoms with E-state index in [2.05, 4.69) is 17.4 Å². The van der Waals surface area contributed by atoms with E-state index in [4.69, 9.17) is 4.98 Å². The molecule has 4 aromatic rings. The Morgan fingerprint density at radius 1 is 1.03 bits per heavy atom. The number of fused-ring (bicyclic) bond motifs is 1. The molecule has 5 nitrogen and oxygen atoms in total. The number of nitrogens with one attached hydrogen (secondary N) is 1. The average molecular weight is 464 g/mol. The van der Waals surface area contributed by atoms with Crippen molar-refractivity contribution >= 4 is 44.9 Å². The van der Waals surface area contributed by atoms with Crippen LogP contribution in [0.25, 0.3) is 10.2 Å². The van der Waals surface area contributed by atoms with Crippen molar-refractivity contribution in [1.29, 1.82) is 0 Å². The summed E-state index contributed by atoms with van der Waals surface area (Å²) < 4.78 is 2.31. The molecule has 2 aromatic carbocycles. The number of aryl methyl sites for hydroxylation is 4. The van der Waals surface area contributed by atoms with E-state index >= 15 is 0 Å². The predicted molar refractivity (Wildman–Crippen MR) is 134 cm³/mol. The molecule has 0 bridgehead atoms. The molecule has 164 valence electrons. The van der Waals surface area contributed by atoms with Gasteiger partial charge in [0.2, 0.25) is 5.91 Å². The van der Waals surface area contributed by atoms with E-state index in [0.717, 1.165) is 22.4 Å². The number of hydrogen-bond donors (Lipinski definition) is 1. The highest BCUT2D eigenvalue weighted by molar-refractivity contribution is 7.99. The Morgan fingerprint density at radius 2 is 1.72 bits per heavy atom. The molecular formula is C25H25N3O2S2. The number of rotatable bonds is 6. The standard InChI is InChI=1S/C25H25N3O2S2/c1-15-5-7-19(8-6-15)13-28-24(30)23-20(9-10-31-23)26-25(28)32-14-21(29)27-22-17(3)11-16(2)12-18(22)4/h5-12H,13-14H2,1-4H3,(H,27,29). The van der Waals surface area contributed by atoms with Crippen LogP contribution in [0.2, 0.25) is 0 Å². The summed E-state index contributed by atoms with van der Waals surface area (Å²) in [6.07, 6.45) is 0. The largest absolute Gasteiger partial charge is 0.325 e. The van der Waals surface area contributed by atoms with Crippen molar-refractivity contribution in [1.82, 2.24) is 9.55 Å². The molecule has 32 heavy (non-hydrogen) atoms. The molecule has 0 aliphatic heterocycles. The van der Waals surface area contributed by atoms with Crippen LogP contribution in [0.3, 0.4) is 0 Å². The molecule has 0 saturated heterocycles. The SMILES string of the molecule is Cc1ccc(Cn2c(SCC(=O)Nc3c(C)cc(C)cc3C)nc3ccsc3c2=O)cc1. The van der Waals surface area contributed by atoms with Gasteiger partial charge in [-0.3, -0.25) is 14.2 Å². The molecule has 2 heterocycles. The Bertz CT molecular complexity index is 1330. The molecule has 0 unspecified atom stereocenters. The third-order valence-corrected chi connectivity index (χ3v) is 7.13. The van der Waals surface area contributed by atoms with Gasteiger partial charge in [0.15, 0.2) is 5.16 Å². The Balaban J connectivity index is 1.59. The molecule has 0 saturated carbocycles. The molecule has 2 aromatic heterocycles. The number of carbonyl (C=O) groups is 1. The van der Waals surface area contributed by atoms with Crippen molar-refractivity contribution in [3.05, 3.63) is 86.0 Å². The second-order valence-corrected chi connectivity index (χ2v) is 9.88. The van der Waals surface area contributed by atoms with Crippen LogP contribution in [0.4, 0.5) is 5.69 Å². The van der Waals surface area contributed by atoms with Crippen molar-refractivity contribution in [2.24, 2.45) is 0 Å². The fourth-order valence-corrected chi connectivity index (χ4v) is 5.31. The first-order chi connectivity index (χ1) is 15.3. The van der Waals surface area contributed by atoms with E-state index in [1.807, 2.05) is 63.4 Å². The lowest BCUT2D eigenvalue weighted by molar-refractivity contribution is -0.113. The molecule has 0 spiro atoms. The second kappa shape index (κ2) is 9.30. The van der Waals surface area contributed by atoms with Gasteiger partial charge >= 0.3 is 0 Å². The summed E-state index contributed by atoms with van der Waals surface area (Å²) in [4.78, 5) is 30.6. The first-order valence-corrected chi connectivity index (χ1v) is 12.2. The van der Waals surface area contributed by atoms with Gasteiger partial charge in [0, 0.05) is 5.69 Å². The maximum absolute atomic E-state index is 13.2. The third-order valence-electron chi connectivity index (χ3n) is 5.27. The monoisotopic (exact) mass is 463 g/mol. The minimum atomic E-state index is -0.119. The zero-order chi connectivity index (χ0) is 22.8. The van der Waals surface area contributed by atoms with Gasteiger partial charge in [-0.25, -0.2) is 4.98 Å². The zero-order valence-electron chi connectivity index (χ0n) is 18.6. The molecule has 0 fully saturated rings. The van der Waals surface area contributed by atoms with Gasteiger partial charge in [-0.1, -0.05) is 59.3 Å². The van der Waals surface area contributed by atoms with Crippen LogP contribution in [0.1, 0.15) is 27.8 Å². The molecule has 1 N–H and O–H groups in total. The number of thiophene rings is 1. The topological polar surface area (TPSA) is 64.0 Å². The lowest BCUT2D eigenvalue weighted by Crippen LogP contribution is -2.24. The third kappa shape index (κ3) is 4.79. The van der Waals surface area contributed by atoms with Gasteiger partial charge in [0.25, 0.3) is 5.56 Å². The van der Waals surface area contributed by atoms with Crippen molar-refractivity contribution in [2.45, 2.75) is 39.4 Å². The maximum atomic E-state index is 13.2. The molecule has 0 radical (unpaired) electrons. The van der Waals surface area contributed by atoms with E-state index in [1.54, 1.807) is 4.57 Å². The summed E-state index contributed by atoms with van der Waals surface area (Å²) in [5, 5.41) is 5.45. The highest BCUT2D eigenvalue weighted by Gasteiger charge is 2.16. The Hall–Kier alpha value is -2.90. The Labute approximate surface area is 195 Å². The summed E-state index contributed by atoms with van der Waals surface area (Å²) in [6.45, 7) is 8.48. The quantitative estimate of drug-likeness (QED) is 0.304. The maximum Gasteiger partial charge on any atom is 0.272 e. The summed E-state index contributed by atoms with van der Waals surface area (Å²) in [5.74, 6) is 0.0505. The lowest BCUT2D eigenvalue weighted by Gasteiger charge is -2.14. The van der Waals surface area contributed by atoms with Crippen molar-refractivity contribution in [2.75, 3.05) is 11.1 Å². The summed E-state index contributed by atoms with van der Waals surface area (Å²) in [5.41, 5.74) is 6.88. The predicted octanol–water partition coefficient (Wildman–Crippen LogP) is 5.47. The minimum Gasteiger partial charge on any atom is -0.325 e. The highest BCUT2D eigenvalue weighted by atomic mass is 32.2. The van der Waals surface area contributed by atoms with Crippen molar-refractivity contribution in [3.63, 3.8) is 0 Å².